The van der Waals surface area contributed by atoms with Crippen LogP contribution in [0, 0.1) is 11.7 Å². The van der Waals surface area contributed by atoms with Crippen molar-refractivity contribution in [3.8, 4) is 0 Å². The number of amides is 2. The summed E-state index contributed by atoms with van der Waals surface area (Å²) in [6.45, 7) is 4.39. The number of nitrogens with two attached hydrogens (primary N) is 1. The van der Waals surface area contributed by atoms with Crippen LogP contribution in [0.2, 0.25) is 0 Å². The number of anilines is 1. The molecule has 0 fully saturated rings. The lowest BCUT2D eigenvalue weighted by atomic mass is 9.96. The molecule has 2 amide bonds. The van der Waals surface area contributed by atoms with Crippen molar-refractivity contribution in [1.82, 2.24) is 5.32 Å². The molecule has 0 unspecified atom stereocenters. The standard InChI is InChI=1S/C20H24FN3O2/c1-13(2)19(14-4-8-16(21)9-5-14)23-12-18(25)24-17-10-6-15(7-11-17)20(26)22-3/h4-11,13,19,23H,12H2,1-3H3,(H,22,26)(H,24,25)/p+1/t19-/m0/s1. The number of quaternary nitrogens is 1. The molecule has 0 aliphatic carbocycles. The molecule has 138 valence electrons. The maximum Gasteiger partial charge on any atom is 0.279 e. The van der Waals surface area contributed by atoms with Gasteiger partial charge >= 0.3 is 0 Å². The first kappa shape index (κ1) is 19.6. The highest BCUT2D eigenvalue weighted by Gasteiger charge is 2.20. The number of benzene rings is 2. The molecule has 0 spiro atoms. The van der Waals surface area contributed by atoms with Crippen LogP contribution < -0.4 is 16.0 Å². The monoisotopic (exact) mass is 358 g/mol. The van der Waals surface area contributed by atoms with Crippen LogP contribution in [0.4, 0.5) is 10.1 Å². The van der Waals surface area contributed by atoms with Gasteiger partial charge < -0.3 is 16.0 Å². The van der Waals surface area contributed by atoms with Crippen molar-refractivity contribution >= 4 is 17.5 Å². The molecule has 0 bridgehead atoms. The minimum absolute atomic E-state index is 0.0666. The van der Waals surface area contributed by atoms with Crippen molar-refractivity contribution in [2.45, 2.75) is 19.9 Å². The van der Waals surface area contributed by atoms with Crippen LogP contribution in [-0.2, 0) is 4.79 Å². The fourth-order valence-corrected chi connectivity index (χ4v) is 2.77. The number of nitrogens with one attached hydrogen (secondary N) is 2. The highest BCUT2D eigenvalue weighted by atomic mass is 19.1. The van der Waals surface area contributed by atoms with Gasteiger partial charge in [0.25, 0.3) is 11.8 Å². The third kappa shape index (κ3) is 5.39. The van der Waals surface area contributed by atoms with Crippen LogP contribution >= 0.6 is 0 Å². The van der Waals surface area contributed by atoms with E-state index in [2.05, 4.69) is 24.5 Å². The van der Waals surface area contributed by atoms with Gasteiger partial charge in [-0.05, 0) is 36.4 Å². The number of hydrogen-bond donors (Lipinski definition) is 3. The van der Waals surface area contributed by atoms with Crippen molar-refractivity contribution in [1.29, 1.82) is 0 Å². The Hall–Kier alpha value is -2.73. The summed E-state index contributed by atoms with van der Waals surface area (Å²) >= 11 is 0. The smallest absolute Gasteiger partial charge is 0.279 e. The summed E-state index contributed by atoms with van der Waals surface area (Å²) in [5.41, 5.74) is 2.16. The van der Waals surface area contributed by atoms with E-state index in [1.807, 2.05) is 5.32 Å². The molecule has 26 heavy (non-hydrogen) atoms. The summed E-state index contributed by atoms with van der Waals surface area (Å²) in [6, 6.07) is 13.2. The van der Waals surface area contributed by atoms with Gasteiger partial charge in [0.2, 0.25) is 0 Å². The molecule has 0 aliphatic rings. The van der Waals surface area contributed by atoms with E-state index in [4.69, 9.17) is 0 Å². The van der Waals surface area contributed by atoms with Crippen LogP contribution in [0.15, 0.2) is 48.5 Å². The molecule has 0 heterocycles. The lowest BCUT2D eigenvalue weighted by molar-refractivity contribution is -0.692. The zero-order chi connectivity index (χ0) is 19.1. The first-order valence-electron chi connectivity index (χ1n) is 8.61. The van der Waals surface area contributed by atoms with Gasteiger partial charge in [-0.1, -0.05) is 26.0 Å². The van der Waals surface area contributed by atoms with E-state index >= 15 is 0 Å². The number of carbonyl (C=O) groups is 2. The van der Waals surface area contributed by atoms with E-state index in [-0.39, 0.29) is 30.2 Å². The topological polar surface area (TPSA) is 74.8 Å². The van der Waals surface area contributed by atoms with Crippen molar-refractivity contribution in [2.24, 2.45) is 5.92 Å². The summed E-state index contributed by atoms with van der Waals surface area (Å²) in [7, 11) is 1.57. The summed E-state index contributed by atoms with van der Waals surface area (Å²) in [5, 5.41) is 7.32. The highest BCUT2D eigenvalue weighted by Crippen LogP contribution is 2.17. The van der Waals surface area contributed by atoms with Crippen LogP contribution in [-0.4, -0.2) is 25.4 Å². The van der Waals surface area contributed by atoms with Crippen LogP contribution in [0.5, 0.6) is 0 Å². The highest BCUT2D eigenvalue weighted by molar-refractivity contribution is 5.95. The number of rotatable bonds is 7. The van der Waals surface area contributed by atoms with E-state index in [9.17, 15) is 14.0 Å². The van der Waals surface area contributed by atoms with Gasteiger partial charge in [-0.25, -0.2) is 4.39 Å². The molecule has 2 aromatic rings. The number of carbonyl (C=O) groups excluding carboxylic acids is 2. The molecule has 0 aliphatic heterocycles. The molecular formula is C20H25FN3O2+. The average Bonchev–Trinajstić information content (AvgIpc) is 2.63. The van der Waals surface area contributed by atoms with Gasteiger partial charge in [0.05, 0.1) is 0 Å². The number of hydrogen-bond acceptors (Lipinski definition) is 2. The van der Waals surface area contributed by atoms with Gasteiger partial charge in [-0.2, -0.15) is 0 Å². The van der Waals surface area contributed by atoms with Gasteiger partial charge in [0.15, 0.2) is 6.54 Å². The molecule has 2 rings (SSSR count). The van der Waals surface area contributed by atoms with Gasteiger partial charge in [0.1, 0.15) is 11.9 Å². The summed E-state index contributed by atoms with van der Waals surface area (Å²) in [6.07, 6.45) is 0. The first-order valence-corrected chi connectivity index (χ1v) is 8.61. The molecule has 0 saturated heterocycles. The molecular weight excluding hydrogens is 333 g/mol. The molecule has 1 atom stereocenters. The van der Waals surface area contributed by atoms with E-state index < -0.39 is 0 Å². The molecule has 0 saturated carbocycles. The fraction of sp³-hybridized carbons (Fsp3) is 0.300. The molecule has 0 aromatic heterocycles. The lowest BCUT2D eigenvalue weighted by Crippen LogP contribution is -2.88. The molecule has 0 radical (unpaired) electrons. The molecule has 6 heteroatoms. The van der Waals surface area contributed by atoms with Crippen LogP contribution in [0.1, 0.15) is 35.8 Å². The summed E-state index contributed by atoms with van der Waals surface area (Å²) < 4.78 is 13.1. The maximum absolute atomic E-state index is 13.1. The van der Waals surface area contributed by atoms with E-state index in [0.29, 0.717) is 17.2 Å². The predicted molar refractivity (Wildman–Crippen MR) is 99.2 cm³/mol. The minimum Gasteiger partial charge on any atom is -0.355 e. The van der Waals surface area contributed by atoms with Crippen molar-refractivity contribution in [3.63, 3.8) is 0 Å². The second kappa shape index (κ2) is 9.10. The molecule has 2 aromatic carbocycles. The second-order valence-corrected chi connectivity index (χ2v) is 6.47. The summed E-state index contributed by atoms with van der Waals surface area (Å²) in [4.78, 5) is 23.7. The SMILES string of the molecule is CNC(=O)c1ccc(NC(=O)C[NH2+][C@H](c2ccc(F)cc2)C(C)C)cc1. The van der Waals surface area contributed by atoms with Gasteiger partial charge in [-0.15, -0.1) is 0 Å². The Morgan fingerprint density at radius 2 is 1.65 bits per heavy atom. The zero-order valence-corrected chi connectivity index (χ0v) is 15.3. The van der Waals surface area contributed by atoms with Crippen molar-refractivity contribution < 1.29 is 19.3 Å². The third-order valence-corrected chi connectivity index (χ3v) is 4.19. The Labute approximate surface area is 153 Å². The van der Waals surface area contributed by atoms with Gasteiger partial charge in [0, 0.05) is 29.8 Å². The fourth-order valence-electron chi connectivity index (χ4n) is 2.77. The van der Waals surface area contributed by atoms with E-state index in [0.717, 1.165) is 5.56 Å². The summed E-state index contributed by atoms with van der Waals surface area (Å²) in [5.74, 6) is -0.282. The van der Waals surface area contributed by atoms with Crippen LogP contribution in [0.3, 0.4) is 0 Å². The quantitative estimate of drug-likeness (QED) is 0.709. The largest absolute Gasteiger partial charge is 0.355 e. The zero-order valence-electron chi connectivity index (χ0n) is 15.3. The normalized spacial score (nSPS) is 11.9. The second-order valence-electron chi connectivity index (χ2n) is 6.47. The van der Waals surface area contributed by atoms with E-state index in [1.54, 1.807) is 43.4 Å². The Kier molecular flexibility index (Phi) is 6.86. The Morgan fingerprint density at radius 1 is 1.04 bits per heavy atom. The van der Waals surface area contributed by atoms with Crippen molar-refractivity contribution in [2.75, 3.05) is 18.9 Å². The third-order valence-electron chi connectivity index (χ3n) is 4.19. The Balaban J connectivity index is 1.93. The maximum atomic E-state index is 13.1. The minimum atomic E-state index is -0.269. The molecule has 5 nitrogen and oxygen atoms in total. The van der Waals surface area contributed by atoms with E-state index in [1.165, 1.54) is 12.1 Å². The predicted octanol–water partition coefficient (Wildman–Crippen LogP) is 2.08. The van der Waals surface area contributed by atoms with Crippen molar-refractivity contribution in [3.05, 3.63) is 65.5 Å². The van der Waals surface area contributed by atoms with Gasteiger partial charge in [-0.3, -0.25) is 9.59 Å². The first-order chi connectivity index (χ1) is 12.4. The Morgan fingerprint density at radius 3 is 2.19 bits per heavy atom. The average molecular weight is 358 g/mol. The van der Waals surface area contributed by atoms with Crippen LogP contribution in [0.25, 0.3) is 0 Å². The molecule has 4 N–H and O–H groups in total. The number of halogens is 1. The lowest BCUT2D eigenvalue weighted by Gasteiger charge is -2.19. The Bertz CT molecular complexity index is 743.